The predicted octanol–water partition coefficient (Wildman–Crippen LogP) is 3.14. The average Bonchev–Trinajstić information content (AvgIpc) is 3.41. The summed E-state index contributed by atoms with van der Waals surface area (Å²) in [7, 11) is 2.03. The van der Waals surface area contributed by atoms with Crippen LogP contribution < -0.4 is 16.4 Å². The molecule has 1 aliphatic rings. The quantitative estimate of drug-likeness (QED) is 0.489. The van der Waals surface area contributed by atoms with Crippen LogP contribution in [0.25, 0.3) is 11.2 Å². The Morgan fingerprint density at radius 2 is 1.97 bits per heavy atom. The van der Waals surface area contributed by atoms with Gasteiger partial charge >= 0.3 is 6.03 Å². The number of benzene rings is 1. The van der Waals surface area contributed by atoms with E-state index >= 15 is 0 Å². The van der Waals surface area contributed by atoms with Crippen molar-refractivity contribution in [2.75, 3.05) is 37.7 Å². The van der Waals surface area contributed by atoms with E-state index in [9.17, 15) is 4.79 Å². The summed E-state index contributed by atoms with van der Waals surface area (Å²) in [5.74, 6) is 0.372. The molecular weight excluding hydrogens is 432 g/mol. The molecule has 1 saturated heterocycles. The Hall–Kier alpha value is -3.24. The van der Waals surface area contributed by atoms with Crippen molar-refractivity contribution in [3.05, 3.63) is 42.5 Å². The maximum atomic E-state index is 12.2. The van der Waals surface area contributed by atoms with Crippen LogP contribution in [0.15, 0.2) is 36.9 Å². The first-order chi connectivity index (χ1) is 16.2. The summed E-state index contributed by atoms with van der Waals surface area (Å²) in [5, 5.41) is 5.80. The van der Waals surface area contributed by atoms with Gasteiger partial charge in [0.05, 0.1) is 12.4 Å². The highest BCUT2D eigenvalue weighted by molar-refractivity contribution is 5.89. The first kappa shape index (κ1) is 23.9. The zero-order valence-electron chi connectivity index (χ0n) is 20.3. The van der Waals surface area contributed by atoms with Gasteiger partial charge in [0.2, 0.25) is 0 Å². The molecular formula is C24H34N8O2. The number of hydrogen-bond acceptors (Lipinski definition) is 7. The predicted molar refractivity (Wildman–Crippen MR) is 133 cm³/mol. The highest BCUT2D eigenvalue weighted by atomic mass is 16.5. The molecule has 0 bridgehead atoms. The Labute approximate surface area is 199 Å². The fourth-order valence-electron chi connectivity index (χ4n) is 4.13. The van der Waals surface area contributed by atoms with Gasteiger partial charge < -0.3 is 26.0 Å². The van der Waals surface area contributed by atoms with Crippen molar-refractivity contribution in [3.63, 3.8) is 0 Å². The zero-order valence-corrected chi connectivity index (χ0v) is 20.3. The van der Waals surface area contributed by atoms with Gasteiger partial charge in [-0.05, 0) is 43.0 Å². The molecule has 10 heteroatoms. The number of aromatic nitrogens is 4. The van der Waals surface area contributed by atoms with Gasteiger partial charge in [0.15, 0.2) is 11.5 Å². The molecule has 0 spiro atoms. The molecule has 2 amide bonds. The number of anilines is 2. The van der Waals surface area contributed by atoms with E-state index in [0.717, 1.165) is 31.6 Å². The lowest BCUT2D eigenvalue weighted by Gasteiger charge is -2.22. The molecule has 1 fully saturated rings. The van der Waals surface area contributed by atoms with Crippen LogP contribution in [-0.2, 0) is 10.2 Å². The van der Waals surface area contributed by atoms with E-state index < -0.39 is 0 Å². The van der Waals surface area contributed by atoms with Gasteiger partial charge in [-0.15, -0.1) is 0 Å². The Morgan fingerprint density at radius 1 is 1.21 bits per heavy atom. The minimum absolute atomic E-state index is 0.0867. The van der Waals surface area contributed by atoms with Crippen LogP contribution in [-0.4, -0.2) is 63.2 Å². The van der Waals surface area contributed by atoms with Crippen LogP contribution in [0.4, 0.5) is 16.3 Å². The summed E-state index contributed by atoms with van der Waals surface area (Å²) in [6.45, 7) is 8.54. The molecule has 34 heavy (non-hydrogen) atoms. The third-order valence-corrected chi connectivity index (χ3v) is 6.09. The number of carbonyl (C=O) groups excluding carboxylic acids is 1. The second-order valence-corrected chi connectivity index (χ2v) is 9.84. The molecule has 4 rings (SSSR count). The second-order valence-electron chi connectivity index (χ2n) is 9.84. The van der Waals surface area contributed by atoms with Crippen LogP contribution in [0, 0.1) is 0 Å². The average molecular weight is 467 g/mol. The van der Waals surface area contributed by atoms with Gasteiger partial charge in [0.1, 0.15) is 18.1 Å². The van der Waals surface area contributed by atoms with E-state index in [2.05, 4.69) is 51.3 Å². The van der Waals surface area contributed by atoms with Crippen LogP contribution in [0.5, 0.6) is 0 Å². The number of ether oxygens (including phenoxy) is 1. The lowest BCUT2D eigenvalue weighted by molar-refractivity contribution is -0.00820. The first-order valence-electron chi connectivity index (χ1n) is 11.6. The summed E-state index contributed by atoms with van der Waals surface area (Å²) in [6, 6.07) is 7.76. The minimum atomic E-state index is -0.206. The second kappa shape index (κ2) is 9.94. The molecule has 4 N–H and O–H groups in total. The first-order valence-corrected chi connectivity index (χ1v) is 11.6. The number of amides is 2. The summed E-state index contributed by atoms with van der Waals surface area (Å²) in [5.41, 5.74) is 9.27. The minimum Gasteiger partial charge on any atom is -0.382 e. The van der Waals surface area contributed by atoms with Crippen LogP contribution >= 0.6 is 0 Å². The number of nitrogens with two attached hydrogens (primary N) is 1. The molecule has 0 aliphatic carbocycles. The summed E-state index contributed by atoms with van der Waals surface area (Å²) >= 11 is 0. The van der Waals surface area contributed by atoms with Crippen LogP contribution in [0.2, 0.25) is 0 Å². The summed E-state index contributed by atoms with van der Waals surface area (Å²) < 4.78 is 8.17. The van der Waals surface area contributed by atoms with E-state index in [1.807, 2.05) is 35.9 Å². The Bertz CT molecular complexity index is 1120. The van der Waals surface area contributed by atoms with Crippen LogP contribution in [0.3, 0.4) is 0 Å². The lowest BCUT2D eigenvalue weighted by atomic mass is 9.87. The molecule has 10 nitrogen and oxygen atoms in total. The summed E-state index contributed by atoms with van der Waals surface area (Å²) in [4.78, 5) is 27.0. The number of nitrogens with one attached hydrogen (secondary N) is 2. The molecule has 2 unspecified atom stereocenters. The monoisotopic (exact) mass is 466 g/mol. The molecule has 0 saturated carbocycles. The van der Waals surface area contributed by atoms with E-state index in [1.54, 1.807) is 6.33 Å². The number of imidazole rings is 1. The summed E-state index contributed by atoms with van der Waals surface area (Å²) in [6.07, 6.45) is 4.95. The fourth-order valence-corrected chi connectivity index (χ4v) is 4.13. The van der Waals surface area contributed by atoms with Gasteiger partial charge in [-0.2, -0.15) is 0 Å². The molecule has 1 aromatic carbocycles. The highest BCUT2D eigenvalue weighted by Gasteiger charge is 2.29. The van der Waals surface area contributed by atoms with Crippen molar-refractivity contribution in [2.45, 2.75) is 51.4 Å². The number of nitrogen functional groups attached to an aromatic ring is 1. The molecule has 0 radical (unpaired) electrons. The van der Waals surface area contributed by atoms with E-state index in [4.69, 9.17) is 10.5 Å². The number of fused-ring (bicyclic) bond motifs is 1. The zero-order chi connectivity index (χ0) is 24.3. The Kier molecular flexibility index (Phi) is 6.99. The molecule has 2 atom stereocenters. The number of rotatable bonds is 7. The smallest absolute Gasteiger partial charge is 0.319 e. The third-order valence-electron chi connectivity index (χ3n) is 6.09. The lowest BCUT2D eigenvalue weighted by Crippen LogP contribution is -2.38. The number of carbonyl (C=O) groups is 1. The van der Waals surface area contributed by atoms with Crippen molar-refractivity contribution in [2.24, 2.45) is 0 Å². The maximum Gasteiger partial charge on any atom is 0.319 e. The van der Waals surface area contributed by atoms with Crippen molar-refractivity contribution in [1.82, 2.24) is 29.7 Å². The van der Waals surface area contributed by atoms with Gasteiger partial charge in [-0.1, -0.05) is 32.9 Å². The normalized spacial score (nSPS) is 18.5. The van der Waals surface area contributed by atoms with Crippen molar-refractivity contribution in [1.29, 1.82) is 0 Å². The number of nitrogens with zero attached hydrogens (tertiary/aromatic N) is 5. The van der Waals surface area contributed by atoms with E-state index in [1.165, 1.54) is 11.9 Å². The number of hydrogen-bond donors (Lipinski definition) is 3. The van der Waals surface area contributed by atoms with Crippen molar-refractivity contribution < 1.29 is 9.53 Å². The fraction of sp³-hybridized carbons (Fsp3) is 0.500. The van der Waals surface area contributed by atoms with Gasteiger partial charge in [-0.3, -0.25) is 4.57 Å². The van der Waals surface area contributed by atoms with E-state index in [0.29, 0.717) is 23.5 Å². The highest BCUT2D eigenvalue weighted by Crippen LogP contribution is 2.31. The molecule has 2 aromatic heterocycles. The topological polar surface area (TPSA) is 123 Å². The standard InChI is InChI=1S/C24H34N8O2/c1-24(2,3)16-5-7-17(8-6-16)30-23(33)26-11-12-31(4)13-18-9-10-19(34-18)32-15-29-20-21(25)27-14-28-22(20)32/h5-8,14-15,18-19H,9-13H2,1-4H3,(H2,25,27,28)(H2,26,30,33). The largest absolute Gasteiger partial charge is 0.382 e. The Morgan fingerprint density at radius 3 is 2.71 bits per heavy atom. The number of urea groups is 1. The molecule has 3 heterocycles. The van der Waals surface area contributed by atoms with Gasteiger partial charge in [0, 0.05) is 25.3 Å². The molecule has 182 valence electrons. The van der Waals surface area contributed by atoms with Crippen molar-refractivity contribution >= 4 is 28.7 Å². The number of likely N-dealkylation sites (N-methyl/N-ethyl adjacent to an activating group) is 1. The third kappa shape index (κ3) is 5.63. The maximum absolute atomic E-state index is 12.2. The van der Waals surface area contributed by atoms with Crippen molar-refractivity contribution in [3.8, 4) is 0 Å². The van der Waals surface area contributed by atoms with Gasteiger partial charge in [-0.25, -0.2) is 19.7 Å². The van der Waals surface area contributed by atoms with E-state index in [-0.39, 0.29) is 23.8 Å². The molecule has 3 aromatic rings. The van der Waals surface area contributed by atoms with Crippen LogP contribution in [0.1, 0.15) is 45.4 Å². The van der Waals surface area contributed by atoms with Gasteiger partial charge in [0.25, 0.3) is 0 Å². The SMILES string of the molecule is CN(CCNC(=O)Nc1ccc(C(C)(C)C)cc1)CC1CCC(n2cnc3c(N)ncnc32)O1. The molecule has 1 aliphatic heterocycles. The Balaban J connectivity index is 1.19.